The minimum atomic E-state index is 0.0840. The molecule has 5 heteroatoms. The average molecular weight is 904 g/mol. The molecule has 0 spiro atoms. The van der Waals surface area contributed by atoms with Crippen LogP contribution in [-0.4, -0.2) is 25.6 Å². The molecule has 0 radical (unpaired) electrons. The van der Waals surface area contributed by atoms with Gasteiger partial charge in [0.1, 0.15) is 0 Å². The van der Waals surface area contributed by atoms with Gasteiger partial charge in [-0.1, -0.05) is 223 Å². The van der Waals surface area contributed by atoms with Crippen molar-refractivity contribution in [2.24, 2.45) is 5.92 Å². The zero-order chi connectivity index (χ0) is 47.3. The molecule has 70 heavy (non-hydrogen) atoms. The molecular weight excluding hydrogens is 851 g/mol. The van der Waals surface area contributed by atoms with Gasteiger partial charge in [-0.2, -0.15) is 9.97 Å². The molecule has 8 aromatic carbocycles. The van der Waals surface area contributed by atoms with Gasteiger partial charge in [0.15, 0.2) is 11.6 Å². The van der Waals surface area contributed by atoms with Crippen molar-refractivity contribution in [2.75, 3.05) is 4.90 Å². The zero-order valence-corrected chi connectivity index (χ0v) is 40.2. The van der Waals surface area contributed by atoms with E-state index < -0.39 is 0 Å². The summed E-state index contributed by atoms with van der Waals surface area (Å²) in [5.74, 6) is 2.50. The summed E-state index contributed by atoms with van der Waals surface area (Å²) in [6.45, 7) is 12.0. The molecule has 13 rings (SSSR count). The highest BCUT2D eigenvalue weighted by Gasteiger charge is 2.48. The molecule has 2 aliphatic carbocycles. The van der Waals surface area contributed by atoms with Crippen molar-refractivity contribution in [3.05, 3.63) is 229 Å². The third-order valence-electron chi connectivity index (χ3n) is 16.2. The molecule has 3 heterocycles. The Labute approximate surface area is 410 Å². The molecular formula is C65H53N5. The van der Waals surface area contributed by atoms with Crippen LogP contribution in [0.25, 0.3) is 83.9 Å². The monoisotopic (exact) mass is 903 g/mol. The van der Waals surface area contributed by atoms with E-state index in [1.807, 2.05) is 0 Å². The number of allylic oxidation sites excluding steroid dienone is 2. The highest BCUT2D eigenvalue weighted by Crippen LogP contribution is 2.55. The lowest BCUT2D eigenvalue weighted by molar-refractivity contribution is 0.264. The van der Waals surface area contributed by atoms with Crippen LogP contribution in [0.5, 0.6) is 0 Å². The van der Waals surface area contributed by atoms with Crippen molar-refractivity contribution >= 4 is 33.2 Å². The SMILES string of the molecule is CC1C(C)(C)c2ccc(-c3ccc(N4c5c(ccc6c7ccccc7n(-c7nc(-c8ccc(-c9ccccc9)cc8)nc(-c8cccc(-c9ccccc9)c8)n7)c56)C5C=CC=CC54)cc3)cc2C1(C)C. The van der Waals surface area contributed by atoms with Gasteiger partial charge in [-0.15, -0.1) is 0 Å². The third-order valence-corrected chi connectivity index (χ3v) is 16.2. The van der Waals surface area contributed by atoms with Crippen LogP contribution in [0.15, 0.2) is 212 Å². The van der Waals surface area contributed by atoms with E-state index in [-0.39, 0.29) is 22.8 Å². The van der Waals surface area contributed by atoms with Gasteiger partial charge >= 0.3 is 0 Å². The van der Waals surface area contributed by atoms with E-state index >= 15 is 0 Å². The molecule has 0 amide bonds. The molecule has 3 unspecified atom stereocenters. The molecule has 3 atom stereocenters. The van der Waals surface area contributed by atoms with Crippen LogP contribution in [0.2, 0.25) is 0 Å². The number of nitrogens with zero attached hydrogens (tertiary/aromatic N) is 5. The Bertz CT molecular complexity index is 3730. The molecule has 338 valence electrons. The number of rotatable bonds is 7. The molecule has 0 fully saturated rings. The average Bonchev–Trinajstić information content (AvgIpc) is 3.98. The summed E-state index contributed by atoms with van der Waals surface area (Å²) in [6.07, 6.45) is 9.13. The topological polar surface area (TPSA) is 46.8 Å². The second-order valence-electron chi connectivity index (χ2n) is 20.6. The van der Waals surface area contributed by atoms with Gasteiger partial charge in [-0.3, -0.25) is 4.57 Å². The van der Waals surface area contributed by atoms with E-state index in [0.717, 1.165) is 55.3 Å². The van der Waals surface area contributed by atoms with E-state index in [1.165, 1.54) is 39.1 Å². The number of anilines is 2. The van der Waals surface area contributed by atoms with E-state index in [0.29, 0.717) is 23.5 Å². The highest BCUT2D eigenvalue weighted by molar-refractivity contribution is 6.15. The van der Waals surface area contributed by atoms with Crippen LogP contribution in [-0.2, 0) is 10.8 Å². The fourth-order valence-corrected chi connectivity index (χ4v) is 12.0. The van der Waals surface area contributed by atoms with Gasteiger partial charge in [0.2, 0.25) is 5.95 Å². The molecule has 0 saturated heterocycles. The Balaban J connectivity index is 1.00. The molecule has 0 bridgehead atoms. The summed E-state index contributed by atoms with van der Waals surface area (Å²) in [5.41, 5.74) is 17.8. The fraction of sp³-hybridized carbons (Fsp3) is 0.154. The minimum absolute atomic E-state index is 0.0840. The van der Waals surface area contributed by atoms with Crippen LogP contribution < -0.4 is 4.90 Å². The Kier molecular flexibility index (Phi) is 9.58. The van der Waals surface area contributed by atoms with Crippen molar-refractivity contribution in [1.82, 2.24) is 19.5 Å². The van der Waals surface area contributed by atoms with Crippen LogP contribution in [0, 0.1) is 5.92 Å². The van der Waals surface area contributed by atoms with Crippen LogP contribution >= 0.6 is 0 Å². The molecule has 1 aliphatic heterocycles. The largest absolute Gasteiger partial charge is 0.332 e. The molecule has 10 aromatic rings. The standard InChI is InChI=1S/C65H53N5/c1-41-64(2,3)55-38-33-48(40-56(55)65(41,4)5)45-31-34-50(35-32-45)69-57-25-14-12-23-51(57)53-36-37-54-52-24-13-15-26-58(52)70(60(54)59(53)69)63-67-61(46-29-27-44(28-30-46)42-17-8-6-9-18-42)66-62(68-63)49-22-16-21-47(39-49)43-19-10-7-11-20-43/h6-41,51,57H,1-5H3. The number of aromatic nitrogens is 4. The summed E-state index contributed by atoms with van der Waals surface area (Å²) in [7, 11) is 0. The normalized spacial score (nSPS) is 18.3. The summed E-state index contributed by atoms with van der Waals surface area (Å²) >= 11 is 0. The Morgan fingerprint density at radius 1 is 0.443 bits per heavy atom. The summed E-state index contributed by atoms with van der Waals surface area (Å²) in [6, 6.07) is 68.0. The van der Waals surface area contributed by atoms with E-state index in [2.05, 4.69) is 256 Å². The Morgan fingerprint density at radius 3 is 1.76 bits per heavy atom. The fourth-order valence-electron chi connectivity index (χ4n) is 12.0. The minimum Gasteiger partial charge on any atom is -0.332 e. The van der Waals surface area contributed by atoms with Crippen molar-refractivity contribution < 1.29 is 0 Å². The first-order chi connectivity index (χ1) is 34.1. The van der Waals surface area contributed by atoms with Gasteiger partial charge < -0.3 is 4.90 Å². The third kappa shape index (κ3) is 6.55. The smallest absolute Gasteiger partial charge is 0.238 e. The first kappa shape index (κ1) is 42.0. The van der Waals surface area contributed by atoms with Crippen molar-refractivity contribution in [3.63, 3.8) is 0 Å². The summed E-state index contributed by atoms with van der Waals surface area (Å²) in [4.78, 5) is 18.8. The predicted molar refractivity (Wildman–Crippen MR) is 290 cm³/mol. The first-order valence-electron chi connectivity index (χ1n) is 24.7. The van der Waals surface area contributed by atoms with Crippen LogP contribution in [0.1, 0.15) is 57.2 Å². The molecule has 0 saturated carbocycles. The van der Waals surface area contributed by atoms with Crippen LogP contribution in [0.4, 0.5) is 11.4 Å². The second kappa shape index (κ2) is 16.0. The van der Waals surface area contributed by atoms with E-state index in [1.54, 1.807) is 0 Å². The van der Waals surface area contributed by atoms with Crippen molar-refractivity contribution in [1.29, 1.82) is 0 Å². The predicted octanol–water partition coefficient (Wildman–Crippen LogP) is 16.2. The van der Waals surface area contributed by atoms with Crippen LogP contribution in [0.3, 0.4) is 0 Å². The maximum Gasteiger partial charge on any atom is 0.238 e. The number of para-hydroxylation sites is 1. The number of hydrogen-bond acceptors (Lipinski definition) is 4. The number of benzene rings is 8. The summed E-state index contributed by atoms with van der Waals surface area (Å²) < 4.78 is 2.30. The van der Waals surface area contributed by atoms with Gasteiger partial charge in [0.25, 0.3) is 0 Å². The van der Waals surface area contributed by atoms with E-state index in [4.69, 9.17) is 15.0 Å². The lowest BCUT2D eigenvalue weighted by Crippen LogP contribution is -2.30. The molecule has 0 N–H and O–H groups in total. The van der Waals surface area contributed by atoms with Gasteiger partial charge in [0.05, 0.1) is 22.8 Å². The molecule has 3 aliphatic rings. The lowest BCUT2D eigenvalue weighted by atomic mass is 9.71. The maximum atomic E-state index is 5.47. The number of hydrogen-bond donors (Lipinski definition) is 0. The molecule has 2 aromatic heterocycles. The lowest BCUT2D eigenvalue weighted by Gasteiger charge is -2.32. The zero-order valence-electron chi connectivity index (χ0n) is 40.2. The molecule has 5 nitrogen and oxygen atoms in total. The highest BCUT2D eigenvalue weighted by atomic mass is 15.2. The van der Waals surface area contributed by atoms with Gasteiger partial charge in [-0.25, -0.2) is 4.98 Å². The van der Waals surface area contributed by atoms with Gasteiger partial charge in [-0.05, 0) is 91.1 Å². The Hall–Kier alpha value is -8.15. The number of fused-ring (bicyclic) bond motifs is 8. The quantitative estimate of drug-likeness (QED) is 0.160. The summed E-state index contributed by atoms with van der Waals surface area (Å²) in [5, 5.41) is 2.30. The first-order valence-corrected chi connectivity index (χ1v) is 24.7. The maximum absolute atomic E-state index is 5.47. The van der Waals surface area contributed by atoms with Crippen molar-refractivity contribution in [2.45, 2.75) is 57.4 Å². The van der Waals surface area contributed by atoms with Crippen molar-refractivity contribution in [3.8, 4) is 62.1 Å². The Morgan fingerprint density at radius 2 is 1.00 bits per heavy atom. The van der Waals surface area contributed by atoms with Gasteiger partial charge in [0, 0.05) is 33.5 Å². The van der Waals surface area contributed by atoms with E-state index in [9.17, 15) is 0 Å². The second-order valence-corrected chi connectivity index (χ2v) is 20.6.